The molecule has 2 rings (SSSR count). The van der Waals surface area contributed by atoms with E-state index in [1.54, 1.807) is 24.3 Å². The topological polar surface area (TPSA) is 66.8 Å². The van der Waals surface area contributed by atoms with Crippen LogP contribution >= 0.6 is 15.9 Å². The van der Waals surface area contributed by atoms with Crippen molar-refractivity contribution >= 4 is 33.9 Å². The molecule has 0 amide bonds. The molecule has 2 aromatic carbocycles. The second-order valence-corrected chi connectivity index (χ2v) is 6.04. The van der Waals surface area contributed by atoms with Crippen molar-refractivity contribution in [3.05, 3.63) is 82.1 Å². The number of halogens is 1. The first kappa shape index (κ1) is 18.5. The van der Waals surface area contributed by atoms with Crippen molar-refractivity contribution in [2.45, 2.75) is 0 Å². The Morgan fingerprint density at radius 2 is 1.68 bits per heavy atom. The predicted octanol–water partition coefficient (Wildman–Crippen LogP) is 4.90. The van der Waals surface area contributed by atoms with Crippen molar-refractivity contribution < 1.29 is 19.7 Å². The van der Waals surface area contributed by atoms with Gasteiger partial charge in [-0.1, -0.05) is 46.3 Å². The van der Waals surface area contributed by atoms with Gasteiger partial charge in [-0.2, -0.15) is 0 Å². The number of benzene rings is 2. The van der Waals surface area contributed by atoms with E-state index in [1.807, 2.05) is 24.3 Å². The van der Waals surface area contributed by atoms with Crippen LogP contribution in [0.5, 0.6) is 11.5 Å². The molecule has 5 heteroatoms. The largest absolute Gasteiger partial charge is 0.508 e. The highest BCUT2D eigenvalue weighted by atomic mass is 79.9. The van der Waals surface area contributed by atoms with Crippen LogP contribution in [0, 0.1) is 0 Å². The number of aliphatic hydroxyl groups is 1. The summed E-state index contributed by atoms with van der Waals surface area (Å²) in [6, 6.07) is 12.3. The van der Waals surface area contributed by atoms with Crippen LogP contribution in [0.4, 0.5) is 0 Å². The number of ketones is 1. The number of methoxy groups -OCH3 is 1. The van der Waals surface area contributed by atoms with Crippen LogP contribution in [0.1, 0.15) is 11.1 Å². The number of allylic oxidation sites excluding steroid dienone is 3. The molecule has 0 aliphatic rings. The first-order valence-electron chi connectivity index (χ1n) is 7.41. The van der Waals surface area contributed by atoms with Crippen molar-refractivity contribution in [3.8, 4) is 11.5 Å². The maximum absolute atomic E-state index is 11.8. The monoisotopic (exact) mass is 400 g/mol. The SMILES string of the molecule is COc1cc(/C=C/C(O)=CC(=O)/C=C/c2ccc(Br)cc2)ccc1O. The molecular weight excluding hydrogens is 384 g/mol. The number of hydrogen-bond acceptors (Lipinski definition) is 4. The van der Waals surface area contributed by atoms with Crippen LogP contribution in [0.15, 0.2) is 70.9 Å². The number of aromatic hydroxyl groups is 1. The minimum atomic E-state index is -0.326. The summed E-state index contributed by atoms with van der Waals surface area (Å²) in [6.07, 6.45) is 7.20. The van der Waals surface area contributed by atoms with Gasteiger partial charge in [-0.3, -0.25) is 4.79 Å². The van der Waals surface area contributed by atoms with Gasteiger partial charge in [0.25, 0.3) is 0 Å². The van der Waals surface area contributed by atoms with Gasteiger partial charge in [0.05, 0.1) is 7.11 Å². The fraction of sp³-hybridized carbons (Fsp3) is 0.0500. The van der Waals surface area contributed by atoms with Gasteiger partial charge in [0.15, 0.2) is 17.3 Å². The lowest BCUT2D eigenvalue weighted by Gasteiger charge is -2.03. The molecule has 0 bridgehead atoms. The standard InChI is InChI=1S/C20H17BrO4/c1-25-20-12-15(6-11-19(20)24)5-10-18(23)13-17(22)9-4-14-2-7-16(21)8-3-14/h2-13,23-24H,1H3/b9-4+,10-5+,18-13?. The third-order valence-electron chi connectivity index (χ3n) is 3.25. The summed E-state index contributed by atoms with van der Waals surface area (Å²) in [5, 5.41) is 19.4. The number of hydrogen-bond donors (Lipinski definition) is 2. The quantitative estimate of drug-likeness (QED) is 0.411. The Morgan fingerprint density at radius 3 is 2.36 bits per heavy atom. The van der Waals surface area contributed by atoms with Gasteiger partial charge < -0.3 is 14.9 Å². The highest BCUT2D eigenvalue weighted by Gasteiger charge is 2.01. The van der Waals surface area contributed by atoms with Gasteiger partial charge in [0.2, 0.25) is 0 Å². The summed E-state index contributed by atoms with van der Waals surface area (Å²) < 4.78 is 5.97. The third kappa shape index (κ3) is 5.97. The van der Waals surface area contributed by atoms with Gasteiger partial charge in [-0.15, -0.1) is 0 Å². The van der Waals surface area contributed by atoms with Crippen LogP contribution in [0.2, 0.25) is 0 Å². The molecule has 0 saturated carbocycles. The Morgan fingerprint density at radius 1 is 1.04 bits per heavy atom. The van der Waals surface area contributed by atoms with E-state index in [2.05, 4.69) is 15.9 Å². The Kier molecular flexibility index (Phi) is 6.60. The Hall–Kier alpha value is -2.79. The Balaban J connectivity index is 2.02. The summed E-state index contributed by atoms with van der Waals surface area (Å²) in [6.45, 7) is 0. The molecule has 0 aliphatic heterocycles. The van der Waals surface area contributed by atoms with Crippen LogP contribution < -0.4 is 4.74 Å². The number of carbonyl (C=O) groups is 1. The van der Waals surface area contributed by atoms with Crippen molar-refractivity contribution in [1.82, 2.24) is 0 Å². The second-order valence-electron chi connectivity index (χ2n) is 5.12. The molecular formula is C20H17BrO4. The summed E-state index contributed by atoms with van der Waals surface area (Å²) in [5.74, 6) is -0.127. The molecule has 0 aliphatic carbocycles. The summed E-state index contributed by atoms with van der Waals surface area (Å²) in [7, 11) is 1.45. The van der Waals surface area contributed by atoms with E-state index in [0.29, 0.717) is 11.3 Å². The molecule has 2 aromatic rings. The molecule has 2 N–H and O–H groups in total. The smallest absolute Gasteiger partial charge is 0.182 e. The molecule has 0 atom stereocenters. The number of aliphatic hydroxyl groups excluding tert-OH is 1. The molecule has 0 aromatic heterocycles. The fourth-order valence-corrected chi connectivity index (χ4v) is 2.24. The average Bonchev–Trinajstić information content (AvgIpc) is 2.60. The lowest BCUT2D eigenvalue weighted by atomic mass is 10.1. The molecule has 25 heavy (non-hydrogen) atoms. The van der Waals surface area contributed by atoms with Crippen molar-refractivity contribution in [2.75, 3.05) is 7.11 Å². The molecule has 0 radical (unpaired) electrons. The van der Waals surface area contributed by atoms with Crippen LogP contribution in [0.3, 0.4) is 0 Å². The third-order valence-corrected chi connectivity index (χ3v) is 3.78. The van der Waals surface area contributed by atoms with Crippen LogP contribution in [0.25, 0.3) is 12.2 Å². The maximum atomic E-state index is 11.8. The normalized spacial score (nSPS) is 12.0. The Labute approximate surface area is 154 Å². The molecule has 0 spiro atoms. The lowest BCUT2D eigenvalue weighted by Crippen LogP contribution is -1.89. The molecule has 0 heterocycles. The van der Waals surface area contributed by atoms with Crippen molar-refractivity contribution in [3.63, 3.8) is 0 Å². The van der Waals surface area contributed by atoms with E-state index in [1.165, 1.54) is 25.3 Å². The van der Waals surface area contributed by atoms with Crippen LogP contribution in [-0.2, 0) is 4.79 Å². The first-order valence-corrected chi connectivity index (χ1v) is 8.20. The second kappa shape index (κ2) is 8.89. The fourth-order valence-electron chi connectivity index (χ4n) is 1.97. The highest BCUT2D eigenvalue weighted by molar-refractivity contribution is 9.10. The van der Waals surface area contributed by atoms with Gasteiger partial charge in [0.1, 0.15) is 5.76 Å². The predicted molar refractivity (Wildman–Crippen MR) is 103 cm³/mol. The molecule has 128 valence electrons. The summed E-state index contributed by atoms with van der Waals surface area (Å²) in [4.78, 5) is 11.8. The zero-order valence-corrected chi connectivity index (χ0v) is 15.1. The molecule has 4 nitrogen and oxygen atoms in total. The van der Waals surface area contributed by atoms with E-state index < -0.39 is 0 Å². The van der Waals surface area contributed by atoms with E-state index >= 15 is 0 Å². The number of rotatable bonds is 6. The number of phenols is 1. The average molecular weight is 401 g/mol. The van der Waals surface area contributed by atoms with E-state index in [4.69, 9.17) is 4.74 Å². The number of phenolic OH excluding ortho intramolecular Hbond substituents is 1. The summed E-state index contributed by atoms with van der Waals surface area (Å²) >= 11 is 3.34. The zero-order chi connectivity index (χ0) is 18.2. The van der Waals surface area contributed by atoms with E-state index in [-0.39, 0.29) is 17.3 Å². The summed E-state index contributed by atoms with van der Waals surface area (Å²) in [5.41, 5.74) is 1.60. The first-order chi connectivity index (χ1) is 12.0. The van der Waals surface area contributed by atoms with Gasteiger partial charge in [0, 0.05) is 10.5 Å². The van der Waals surface area contributed by atoms with E-state index in [9.17, 15) is 15.0 Å². The molecule has 0 fully saturated rings. The van der Waals surface area contributed by atoms with Crippen molar-refractivity contribution in [2.24, 2.45) is 0 Å². The lowest BCUT2D eigenvalue weighted by molar-refractivity contribution is -0.110. The minimum Gasteiger partial charge on any atom is -0.508 e. The number of carbonyl (C=O) groups excluding carboxylic acids is 1. The minimum absolute atomic E-state index is 0.0349. The number of ether oxygens (including phenoxy) is 1. The van der Waals surface area contributed by atoms with Gasteiger partial charge in [-0.05, 0) is 47.5 Å². The molecule has 0 saturated heterocycles. The molecule has 0 unspecified atom stereocenters. The van der Waals surface area contributed by atoms with Crippen LogP contribution in [-0.4, -0.2) is 23.1 Å². The van der Waals surface area contributed by atoms with Gasteiger partial charge in [-0.25, -0.2) is 0 Å². The zero-order valence-electron chi connectivity index (χ0n) is 13.5. The van der Waals surface area contributed by atoms with Gasteiger partial charge >= 0.3 is 0 Å². The van der Waals surface area contributed by atoms with E-state index in [0.717, 1.165) is 16.1 Å². The Bertz CT molecular complexity index is 833. The van der Waals surface area contributed by atoms with Crippen molar-refractivity contribution in [1.29, 1.82) is 0 Å². The highest BCUT2D eigenvalue weighted by Crippen LogP contribution is 2.26. The maximum Gasteiger partial charge on any atom is 0.182 e.